The maximum Gasteiger partial charge on any atom is 1.00 e. The second kappa shape index (κ2) is 33.0. The monoisotopic (exact) mass is 499 g/mol. The van der Waals surface area contributed by atoms with E-state index < -0.39 is 18.0 Å². The predicted octanol–water partition coefficient (Wildman–Crippen LogP) is -3.19. The molecule has 0 aliphatic heterocycles. The number of allylic oxidation sites excluding steroid dienone is 1. The zero-order valence-corrected chi connectivity index (χ0v) is 25.9. The van der Waals surface area contributed by atoms with Crippen molar-refractivity contribution in [1.82, 2.24) is 0 Å². The Morgan fingerprint density at radius 2 is 1.12 bits per heavy atom. The summed E-state index contributed by atoms with van der Waals surface area (Å²) in [6, 6.07) is -1.21. The molecule has 0 fully saturated rings. The van der Waals surface area contributed by atoms with E-state index in [2.05, 4.69) is 6.92 Å². The van der Waals surface area contributed by atoms with Crippen LogP contribution in [0.1, 0.15) is 122 Å². The first kappa shape index (κ1) is 41.2. The molecule has 0 rings (SSSR count). The summed E-state index contributed by atoms with van der Waals surface area (Å²) in [5.41, 5.74) is 4.91. The van der Waals surface area contributed by atoms with Gasteiger partial charge in [0.25, 0.3) is 0 Å². The van der Waals surface area contributed by atoms with Gasteiger partial charge in [0, 0.05) is 18.4 Å². The second-order valence-electron chi connectivity index (χ2n) is 8.26. The van der Waals surface area contributed by atoms with E-state index in [0.717, 1.165) is 18.9 Å². The van der Waals surface area contributed by atoms with Gasteiger partial charge in [-0.05, 0) is 19.3 Å². The van der Waals surface area contributed by atoms with Crippen LogP contribution in [0.4, 0.5) is 0 Å². The number of nitrogens with two attached hydrogens (primary N) is 1. The molecule has 1 atom stereocenters. The van der Waals surface area contributed by atoms with E-state index in [0.29, 0.717) is 6.42 Å². The maximum atomic E-state index is 11.1. The summed E-state index contributed by atoms with van der Waals surface area (Å²) in [4.78, 5) is 40.6. The van der Waals surface area contributed by atoms with Crippen molar-refractivity contribution in [1.29, 1.82) is 0 Å². The molecule has 0 amide bonds. The minimum atomic E-state index is -1.44. The van der Waals surface area contributed by atoms with Crippen LogP contribution in [0.25, 0.3) is 0 Å². The summed E-state index contributed by atoms with van der Waals surface area (Å²) in [7, 11) is 0. The molecule has 2 N–H and O–H groups in total. The van der Waals surface area contributed by atoms with Crippen molar-refractivity contribution < 1.29 is 88.5 Å². The molecule has 0 heterocycles. The Morgan fingerprint density at radius 3 is 1.44 bits per heavy atom. The van der Waals surface area contributed by atoms with Gasteiger partial charge in [0.15, 0.2) is 5.78 Å². The smallest absolute Gasteiger partial charge is 0.550 e. The van der Waals surface area contributed by atoms with Crippen LogP contribution in [0.5, 0.6) is 0 Å². The fourth-order valence-corrected chi connectivity index (χ4v) is 3.20. The largest absolute Gasteiger partial charge is 1.00 e. The standard InChI is InChI=1S/C20H36O2.C5H9NO4.2Na/c1-2-3-4-5-6-7-8-9-10-11-12-13-14-15-16-17-20(22)18-19-21;6-3(5(9)10)1-2-4(7)8;;/h18H,2-17H2,1H3;3H,1-2,6H2,(H,7,8)(H,9,10);;/q;;2*+1/p-2/t;3-;;/m.0../s1. The van der Waals surface area contributed by atoms with E-state index in [1.807, 2.05) is 0 Å². The Labute approximate surface area is 250 Å². The van der Waals surface area contributed by atoms with Crippen molar-refractivity contribution in [2.45, 2.75) is 129 Å². The number of carboxylic acids is 2. The van der Waals surface area contributed by atoms with Crippen LogP contribution >= 0.6 is 0 Å². The molecular weight excluding hydrogens is 456 g/mol. The number of aliphatic carboxylic acids is 2. The quantitative estimate of drug-likeness (QED) is 0.0759. The third-order valence-electron chi connectivity index (χ3n) is 5.21. The van der Waals surface area contributed by atoms with Crippen molar-refractivity contribution >= 4 is 23.7 Å². The van der Waals surface area contributed by atoms with Gasteiger partial charge in [0.05, 0.1) is 12.0 Å². The van der Waals surface area contributed by atoms with E-state index in [1.54, 1.807) is 5.94 Å². The fraction of sp³-hybridized carbons (Fsp3) is 0.800. The van der Waals surface area contributed by atoms with Crippen molar-refractivity contribution in [3.05, 3.63) is 6.08 Å². The van der Waals surface area contributed by atoms with Gasteiger partial charge in [0.2, 0.25) is 0 Å². The van der Waals surface area contributed by atoms with Crippen LogP contribution in [0.2, 0.25) is 0 Å². The molecule has 0 saturated heterocycles. The Kier molecular flexibility index (Phi) is 40.0. The van der Waals surface area contributed by atoms with E-state index in [1.165, 1.54) is 83.5 Å². The minimum absolute atomic E-state index is 0. The zero-order chi connectivity index (χ0) is 24.5. The molecule has 0 aliphatic carbocycles. The Hall–Kier alpha value is 0.0200. The molecule has 7 nitrogen and oxygen atoms in total. The number of ketones is 1. The maximum absolute atomic E-state index is 11.1. The summed E-state index contributed by atoms with van der Waals surface area (Å²) in [6.07, 6.45) is 20.9. The second-order valence-corrected chi connectivity index (χ2v) is 8.26. The molecule has 9 heteroatoms. The van der Waals surface area contributed by atoms with E-state index >= 15 is 0 Å². The van der Waals surface area contributed by atoms with Gasteiger partial charge < -0.3 is 25.5 Å². The van der Waals surface area contributed by atoms with Crippen molar-refractivity contribution in [3.8, 4) is 0 Å². The van der Waals surface area contributed by atoms with E-state index in [-0.39, 0.29) is 77.7 Å². The molecule has 34 heavy (non-hydrogen) atoms. The summed E-state index contributed by atoms with van der Waals surface area (Å²) < 4.78 is 0. The summed E-state index contributed by atoms with van der Waals surface area (Å²) >= 11 is 0. The first-order chi connectivity index (χ1) is 15.3. The van der Waals surface area contributed by atoms with Crippen LogP contribution in [-0.4, -0.2) is 29.7 Å². The molecule has 0 aliphatic rings. The van der Waals surface area contributed by atoms with Gasteiger partial charge in [-0.2, -0.15) is 0 Å². The Balaban J connectivity index is -0.000000319. The molecule has 0 aromatic heterocycles. The number of rotatable bonds is 21. The van der Waals surface area contributed by atoms with Crippen molar-refractivity contribution in [3.63, 3.8) is 0 Å². The van der Waals surface area contributed by atoms with Crippen LogP contribution in [-0.2, 0) is 19.2 Å². The Bertz CT molecular complexity index is 539. The van der Waals surface area contributed by atoms with Crippen LogP contribution in [0.3, 0.4) is 0 Å². The molecule has 0 saturated carbocycles. The molecule has 0 aromatic rings. The van der Waals surface area contributed by atoms with Gasteiger partial charge in [-0.25, -0.2) is 4.79 Å². The third kappa shape index (κ3) is 36.6. The van der Waals surface area contributed by atoms with Gasteiger partial charge in [-0.3, -0.25) is 4.79 Å². The average molecular weight is 500 g/mol. The summed E-state index contributed by atoms with van der Waals surface area (Å²) in [5, 5.41) is 19.6. The molecule has 186 valence electrons. The van der Waals surface area contributed by atoms with Gasteiger partial charge in [-0.1, -0.05) is 96.8 Å². The molecule has 0 bridgehead atoms. The number of unbranched alkanes of at least 4 members (excludes halogenated alkanes) is 14. The molecule has 0 spiro atoms. The van der Waals surface area contributed by atoms with E-state index in [9.17, 15) is 29.4 Å². The van der Waals surface area contributed by atoms with Crippen LogP contribution in [0.15, 0.2) is 6.08 Å². The number of carboxylic acid groups (broad SMARTS) is 2. The van der Waals surface area contributed by atoms with Crippen molar-refractivity contribution in [2.24, 2.45) is 5.73 Å². The number of hydrogen-bond acceptors (Lipinski definition) is 7. The molecule has 0 aromatic carbocycles. The fourth-order valence-electron chi connectivity index (χ4n) is 3.20. The predicted molar refractivity (Wildman–Crippen MR) is 122 cm³/mol. The third-order valence-corrected chi connectivity index (χ3v) is 5.21. The summed E-state index contributed by atoms with van der Waals surface area (Å²) in [5.74, 6) is -1.29. The van der Waals surface area contributed by atoms with Crippen molar-refractivity contribution in [2.75, 3.05) is 0 Å². The molecule has 0 radical (unpaired) electrons. The Morgan fingerprint density at radius 1 is 0.735 bits per heavy atom. The van der Waals surface area contributed by atoms with Crippen LogP contribution in [0, 0.1) is 0 Å². The molecular formula is C25H43NNa2O6. The SMILES string of the molecule is CCCCCCCCCCCCCCCCCC(=O)C=C=O.N[C@@H](CCC(=O)[O-])C(=O)[O-].[Na+].[Na+]. The minimum Gasteiger partial charge on any atom is -0.550 e. The number of carbonyl (C=O) groups excluding carboxylic acids is 4. The zero-order valence-electron chi connectivity index (χ0n) is 21.9. The van der Waals surface area contributed by atoms with E-state index in [4.69, 9.17) is 5.73 Å². The first-order valence-corrected chi connectivity index (χ1v) is 12.2. The first-order valence-electron chi connectivity index (χ1n) is 12.2. The summed E-state index contributed by atoms with van der Waals surface area (Å²) in [6.45, 7) is 2.27. The van der Waals surface area contributed by atoms with Gasteiger partial charge in [0.1, 0.15) is 5.94 Å². The normalized spacial score (nSPS) is 10.4. The molecule has 0 unspecified atom stereocenters. The topological polar surface area (TPSA) is 140 Å². The van der Waals surface area contributed by atoms with Crippen LogP contribution < -0.4 is 75.1 Å². The number of carbonyl (C=O) groups is 3. The average Bonchev–Trinajstić information content (AvgIpc) is 2.75. The van der Waals surface area contributed by atoms with Gasteiger partial charge in [-0.15, -0.1) is 0 Å². The van der Waals surface area contributed by atoms with Gasteiger partial charge >= 0.3 is 59.1 Å². The number of hydrogen-bond donors (Lipinski definition) is 1.